The molecule has 1 saturated heterocycles. The van der Waals surface area contributed by atoms with E-state index in [1.807, 2.05) is 6.07 Å². The molecule has 1 aliphatic rings. The second-order valence-electron chi connectivity index (χ2n) is 4.83. The number of nitrogen functional groups attached to an aromatic ring is 1. The molecule has 0 amide bonds. The van der Waals surface area contributed by atoms with Crippen LogP contribution in [0, 0.1) is 0 Å². The summed E-state index contributed by atoms with van der Waals surface area (Å²) in [4.78, 5) is 13.4. The number of rotatable bonds is 3. The van der Waals surface area contributed by atoms with Crippen LogP contribution in [-0.4, -0.2) is 23.7 Å². The maximum atomic E-state index is 11.1. The van der Waals surface area contributed by atoms with Crippen LogP contribution in [0.15, 0.2) is 18.2 Å². The highest BCUT2D eigenvalue weighted by Gasteiger charge is 2.22. The summed E-state index contributed by atoms with van der Waals surface area (Å²) in [5.41, 5.74) is 7.20. The van der Waals surface area contributed by atoms with Gasteiger partial charge < -0.3 is 15.7 Å². The van der Waals surface area contributed by atoms with Gasteiger partial charge in [0.25, 0.3) is 0 Å². The first kappa shape index (κ1) is 12.7. The van der Waals surface area contributed by atoms with Crippen LogP contribution < -0.4 is 10.6 Å². The third-order valence-corrected chi connectivity index (χ3v) is 3.70. The lowest BCUT2D eigenvalue weighted by atomic mass is 9.98. The lowest BCUT2D eigenvalue weighted by Gasteiger charge is -2.37. The number of benzene rings is 1. The Bertz CT molecular complexity index is 445. The van der Waals surface area contributed by atoms with Crippen molar-refractivity contribution < 1.29 is 9.90 Å². The molecule has 18 heavy (non-hydrogen) atoms. The minimum absolute atomic E-state index is 0.202. The molecular formula is C14H20N2O2. The van der Waals surface area contributed by atoms with E-state index < -0.39 is 5.97 Å². The number of carboxylic acid groups (broad SMARTS) is 1. The smallest absolute Gasteiger partial charge is 0.337 e. The van der Waals surface area contributed by atoms with E-state index in [0.717, 1.165) is 18.7 Å². The van der Waals surface area contributed by atoms with Crippen molar-refractivity contribution in [1.82, 2.24) is 0 Å². The summed E-state index contributed by atoms with van der Waals surface area (Å²) >= 11 is 0. The van der Waals surface area contributed by atoms with Crippen LogP contribution >= 0.6 is 0 Å². The van der Waals surface area contributed by atoms with Crippen LogP contribution in [0.2, 0.25) is 0 Å². The van der Waals surface area contributed by atoms with Gasteiger partial charge in [0.15, 0.2) is 0 Å². The molecule has 98 valence electrons. The number of anilines is 2. The molecular weight excluding hydrogens is 228 g/mol. The summed E-state index contributed by atoms with van der Waals surface area (Å²) < 4.78 is 0. The van der Waals surface area contributed by atoms with Gasteiger partial charge in [0, 0.05) is 24.0 Å². The molecule has 2 rings (SSSR count). The van der Waals surface area contributed by atoms with Crippen LogP contribution in [0.25, 0.3) is 0 Å². The van der Waals surface area contributed by atoms with Gasteiger partial charge in [-0.2, -0.15) is 0 Å². The van der Waals surface area contributed by atoms with Crippen LogP contribution in [0.4, 0.5) is 11.4 Å². The molecule has 0 saturated carbocycles. The van der Waals surface area contributed by atoms with Crippen molar-refractivity contribution in [2.75, 3.05) is 17.2 Å². The topological polar surface area (TPSA) is 66.6 Å². The van der Waals surface area contributed by atoms with Crippen molar-refractivity contribution in [1.29, 1.82) is 0 Å². The lowest BCUT2D eigenvalue weighted by molar-refractivity contribution is 0.0698. The molecule has 0 aromatic heterocycles. The van der Waals surface area contributed by atoms with Gasteiger partial charge in [0.1, 0.15) is 0 Å². The van der Waals surface area contributed by atoms with E-state index in [2.05, 4.69) is 11.8 Å². The molecule has 1 unspecified atom stereocenters. The number of carboxylic acids is 1. The SMILES string of the molecule is CCC1CCCCN1c1ccc(N)c(C(=O)O)c1. The van der Waals surface area contributed by atoms with E-state index in [0.29, 0.717) is 11.7 Å². The first-order valence-corrected chi connectivity index (χ1v) is 6.53. The molecule has 1 aromatic rings. The predicted octanol–water partition coefficient (Wildman–Crippen LogP) is 2.74. The van der Waals surface area contributed by atoms with Gasteiger partial charge in [0.2, 0.25) is 0 Å². The molecule has 1 fully saturated rings. The fraction of sp³-hybridized carbons (Fsp3) is 0.500. The van der Waals surface area contributed by atoms with Crippen LogP contribution in [0.1, 0.15) is 43.0 Å². The highest BCUT2D eigenvalue weighted by atomic mass is 16.4. The molecule has 0 spiro atoms. The van der Waals surface area contributed by atoms with Gasteiger partial charge in [-0.05, 0) is 43.9 Å². The van der Waals surface area contributed by atoms with Crippen molar-refractivity contribution in [2.45, 2.75) is 38.6 Å². The maximum Gasteiger partial charge on any atom is 0.337 e. The Hall–Kier alpha value is -1.71. The summed E-state index contributed by atoms with van der Waals surface area (Å²) in [6.45, 7) is 3.18. The molecule has 1 aromatic carbocycles. The highest BCUT2D eigenvalue weighted by molar-refractivity contribution is 5.94. The highest BCUT2D eigenvalue weighted by Crippen LogP contribution is 2.28. The normalized spacial score (nSPS) is 19.8. The van der Waals surface area contributed by atoms with E-state index >= 15 is 0 Å². The number of nitrogens with zero attached hydrogens (tertiary/aromatic N) is 1. The van der Waals surface area contributed by atoms with Crippen molar-refractivity contribution >= 4 is 17.3 Å². The molecule has 1 aliphatic heterocycles. The van der Waals surface area contributed by atoms with Gasteiger partial charge in [-0.3, -0.25) is 0 Å². The molecule has 0 radical (unpaired) electrons. The number of hydrogen-bond donors (Lipinski definition) is 2. The fourth-order valence-electron chi connectivity index (χ4n) is 2.67. The Balaban J connectivity index is 2.32. The summed E-state index contributed by atoms with van der Waals surface area (Å²) in [5, 5.41) is 9.11. The van der Waals surface area contributed by atoms with E-state index in [4.69, 9.17) is 10.8 Å². The Morgan fingerprint density at radius 3 is 2.94 bits per heavy atom. The second kappa shape index (κ2) is 5.29. The van der Waals surface area contributed by atoms with Crippen molar-refractivity contribution in [3.05, 3.63) is 23.8 Å². The zero-order valence-electron chi connectivity index (χ0n) is 10.7. The third kappa shape index (κ3) is 2.42. The summed E-state index contributed by atoms with van der Waals surface area (Å²) in [5.74, 6) is -0.959. The molecule has 1 heterocycles. The average molecular weight is 248 g/mol. The predicted molar refractivity (Wildman–Crippen MR) is 73.1 cm³/mol. The quantitative estimate of drug-likeness (QED) is 0.807. The van der Waals surface area contributed by atoms with Gasteiger partial charge in [-0.1, -0.05) is 6.92 Å². The second-order valence-corrected chi connectivity index (χ2v) is 4.83. The van der Waals surface area contributed by atoms with Crippen LogP contribution in [-0.2, 0) is 0 Å². The van der Waals surface area contributed by atoms with E-state index in [-0.39, 0.29) is 5.56 Å². The third-order valence-electron chi connectivity index (χ3n) is 3.70. The maximum absolute atomic E-state index is 11.1. The van der Waals surface area contributed by atoms with Crippen molar-refractivity contribution in [3.63, 3.8) is 0 Å². The number of hydrogen-bond acceptors (Lipinski definition) is 3. The van der Waals surface area contributed by atoms with Gasteiger partial charge in [0.05, 0.1) is 5.56 Å². The zero-order chi connectivity index (χ0) is 13.1. The van der Waals surface area contributed by atoms with E-state index in [9.17, 15) is 4.79 Å². The van der Waals surface area contributed by atoms with Crippen molar-refractivity contribution in [2.24, 2.45) is 0 Å². The summed E-state index contributed by atoms with van der Waals surface area (Å²) in [6, 6.07) is 5.84. The van der Waals surface area contributed by atoms with E-state index in [1.165, 1.54) is 19.3 Å². The Labute approximate surface area is 107 Å². The largest absolute Gasteiger partial charge is 0.478 e. The Kier molecular flexibility index (Phi) is 3.75. The van der Waals surface area contributed by atoms with Crippen molar-refractivity contribution in [3.8, 4) is 0 Å². The minimum atomic E-state index is -0.959. The molecule has 0 bridgehead atoms. The molecule has 0 aliphatic carbocycles. The Morgan fingerprint density at radius 2 is 2.28 bits per heavy atom. The number of aromatic carboxylic acids is 1. The number of piperidine rings is 1. The average Bonchev–Trinajstić information content (AvgIpc) is 2.39. The Morgan fingerprint density at radius 1 is 1.50 bits per heavy atom. The summed E-state index contributed by atoms with van der Waals surface area (Å²) in [7, 11) is 0. The minimum Gasteiger partial charge on any atom is -0.478 e. The first-order valence-electron chi connectivity index (χ1n) is 6.53. The molecule has 3 N–H and O–H groups in total. The zero-order valence-corrected chi connectivity index (χ0v) is 10.7. The first-order chi connectivity index (χ1) is 8.63. The summed E-state index contributed by atoms with van der Waals surface area (Å²) in [6.07, 6.45) is 4.70. The molecule has 1 atom stereocenters. The van der Waals surface area contributed by atoms with Gasteiger partial charge in [-0.15, -0.1) is 0 Å². The standard InChI is InChI=1S/C14H20N2O2/c1-2-10-5-3-4-8-16(10)11-6-7-13(15)12(9-11)14(17)18/h6-7,9-10H,2-5,8,15H2,1H3,(H,17,18). The lowest BCUT2D eigenvalue weighted by Crippen LogP contribution is -2.39. The number of carbonyl (C=O) groups is 1. The monoisotopic (exact) mass is 248 g/mol. The van der Waals surface area contributed by atoms with E-state index in [1.54, 1.807) is 12.1 Å². The number of nitrogens with two attached hydrogens (primary N) is 1. The van der Waals surface area contributed by atoms with Gasteiger partial charge in [-0.25, -0.2) is 4.79 Å². The van der Waals surface area contributed by atoms with Gasteiger partial charge >= 0.3 is 5.97 Å². The fourth-order valence-corrected chi connectivity index (χ4v) is 2.67. The molecule has 4 nitrogen and oxygen atoms in total. The van der Waals surface area contributed by atoms with Crippen LogP contribution in [0.3, 0.4) is 0 Å². The molecule has 4 heteroatoms. The van der Waals surface area contributed by atoms with Crippen LogP contribution in [0.5, 0.6) is 0 Å².